The van der Waals surface area contributed by atoms with E-state index in [1.54, 1.807) is 36.4 Å². The molecular formula is C20H15BrN2O2. The normalized spacial score (nSPS) is 11.3. The van der Waals surface area contributed by atoms with Crippen LogP contribution in [0, 0.1) is 11.3 Å². The second-order valence-corrected chi connectivity index (χ2v) is 7.24. The summed E-state index contributed by atoms with van der Waals surface area (Å²) in [6, 6.07) is 14.5. The SMILES string of the molecule is CC(C)(C#N)c1ccc(C(=O)c2c(O)cnc3ccc(Br)cc23)cc1. The predicted octanol–water partition coefficient (Wildman–Crippen LogP) is 4.74. The number of hydrogen-bond donors (Lipinski definition) is 1. The van der Waals surface area contributed by atoms with Crippen LogP contribution in [0.25, 0.3) is 10.9 Å². The number of carbonyl (C=O) groups is 1. The average Bonchev–Trinajstić information content (AvgIpc) is 2.61. The summed E-state index contributed by atoms with van der Waals surface area (Å²) >= 11 is 3.38. The molecule has 0 saturated carbocycles. The van der Waals surface area contributed by atoms with Crippen molar-refractivity contribution >= 4 is 32.6 Å². The largest absolute Gasteiger partial charge is 0.506 e. The van der Waals surface area contributed by atoms with Gasteiger partial charge in [-0.1, -0.05) is 40.2 Å². The number of aromatic hydroxyl groups is 1. The number of halogens is 1. The molecule has 0 unspecified atom stereocenters. The molecular weight excluding hydrogens is 380 g/mol. The summed E-state index contributed by atoms with van der Waals surface area (Å²) in [7, 11) is 0. The van der Waals surface area contributed by atoms with Gasteiger partial charge in [-0.05, 0) is 37.6 Å². The van der Waals surface area contributed by atoms with Gasteiger partial charge < -0.3 is 5.11 Å². The zero-order valence-electron chi connectivity index (χ0n) is 13.7. The Hall–Kier alpha value is -2.71. The zero-order valence-corrected chi connectivity index (χ0v) is 15.3. The highest BCUT2D eigenvalue weighted by molar-refractivity contribution is 9.10. The predicted molar refractivity (Wildman–Crippen MR) is 99.6 cm³/mol. The molecule has 4 nitrogen and oxygen atoms in total. The van der Waals surface area contributed by atoms with Crippen molar-refractivity contribution in [3.8, 4) is 11.8 Å². The maximum Gasteiger partial charge on any atom is 0.197 e. The third kappa shape index (κ3) is 3.13. The number of benzene rings is 2. The van der Waals surface area contributed by atoms with Crippen molar-refractivity contribution in [2.24, 2.45) is 0 Å². The standard InChI is InChI=1S/C20H15BrN2O2/c1-20(2,11-22)13-5-3-12(4-6-13)19(25)18-15-9-14(21)7-8-16(15)23-10-17(18)24/h3-10,24H,1-2H3. The Morgan fingerprint density at radius 3 is 2.52 bits per heavy atom. The van der Waals surface area contributed by atoms with Gasteiger partial charge in [-0.2, -0.15) is 5.26 Å². The van der Waals surface area contributed by atoms with Crippen LogP contribution in [0.5, 0.6) is 5.75 Å². The molecule has 1 heterocycles. The molecule has 1 aromatic heterocycles. The van der Waals surface area contributed by atoms with Gasteiger partial charge in [0.1, 0.15) is 5.75 Å². The van der Waals surface area contributed by atoms with E-state index in [-0.39, 0.29) is 17.1 Å². The first-order chi connectivity index (χ1) is 11.8. The van der Waals surface area contributed by atoms with E-state index in [4.69, 9.17) is 0 Å². The molecule has 3 aromatic rings. The van der Waals surface area contributed by atoms with E-state index in [9.17, 15) is 15.2 Å². The van der Waals surface area contributed by atoms with Crippen molar-refractivity contribution in [3.63, 3.8) is 0 Å². The summed E-state index contributed by atoms with van der Waals surface area (Å²) in [5.74, 6) is -0.443. The molecule has 0 saturated heterocycles. The number of pyridine rings is 1. The van der Waals surface area contributed by atoms with Crippen LogP contribution in [0.4, 0.5) is 0 Å². The molecule has 0 aliphatic rings. The zero-order chi connectivity index (χ0) is 18.2. The van der Waals surface area contributed by atoms with Gasteiger partial charge in [-0.25, -0.2) is 0 Å². The van der Waals surface area contributed by atoms with E-state index in [0.717, 1.165) is 10.0 Å². The monoisotopic (exact) mass is 394 g/mol. The summed E-state index contributed by atoms with van der Waals surface area (Å²) in [5.41, 5.74) is 1.50. The number of hydrogen-bond acceptors (Lipinski definition) is 4. The van der Waals surface area contributed by atoms with Crippen LogP contribution in [0.1, 0.15) is 35.3 Å². The molecule has 0 radical (unpaired) electrons. The first kappa shape index (κ1) is 17.1. The summed E-state index contributed by atoms with van der Waals surface area (Å²) in [5, 5.41) is 20.0. The van der Waals surface area contributed by atoms with Gasteiger partial charge >= 0.3 is 0 Å². The van der Waals surface area contributed by atoms with Crippen molar-refractivity contribution in [2.45, 2.75) is 19.3 Å². The molecule has 0 spiro atoms. The number of carbonyl (C=O) groups excluding carboxylic acids is 1. The summed E-state index contributed by atoms with van der Waals surface area (Å²) in [4.78, 5) is 17.1. The Morgan fingerprint density at radius 1 is 1.20 bits per heavy atom. The lowest BCUT2D eigenvalue weighted by atomic mass is 9.85. The lowest BCUT2D eigenvalue weighted by Crippen LogP contribution is -2.14. The maximum atomic E-state index is 13.0. The van der Waals surface area contributed by atoms with E-state index in [1.165, 1.54) is 6.20 Å². The Labute approximate surface area is 153 Å². The molecule has 2 aromatic carbocycles. The van der Waals surface area contributed by atoms with Crippen LogP contribution in [-0.4, -0.2) is 15.9 Å². The van der Waals surface area contributed by atoms with Gasteiger partial charge in [0.15, 0.2) is 5.78 Å². The number of aromatic nitrogens is 1. The summed E-state index contributed by atoms with van der Waals surface area (Å²) in [6.07, 6.45) is 1.29. The minimum Gasteiger partial charge on any atom is -0.506 e. The van der Waals surface area contributed by atoms with Gasteiger partial charge in [0, 0.05) is 15.4 Å². The number of ketones is 1. The van der Waals surface area contributed by atoms with Crippen LogP contribution in [0.15, 0.2) is 53.1 Å². The van der Waals surface area contributed by atoms with Crippen molar-refractivity contribution < 1.29 is 9.90 Å². The molecule has 0 aliphatic carbocycles. The van der Waals surface area contributed by atoms with Crippen molar-refractivity contribution in [1.29, 1.82) is 5.26 Å². The molecule has 0 aliphatic heterocycles. The highest BCUT2D eigenvalue weighted by Gasteiger charge is 2.22. The van der Waals surface area contributed by atoms with Crippen LogP contribution in [0.3, 0.4) is 0 Å². The molecule has 1 N–H and O–H groups in total. The second kappa shape index (κ2) is 6.30. The first-order valence-corrected chi connectivity index (χ1v) is 8.46. The van der Waals surface area contributed by atoms with E-state index in [0.29, 0.717) is 16.5 Å². The van der Waals surface area contributed by atoms with Gasteiger partial charge in [0.2, 0.25) is 0 Å². The number of nitrogens with zero attached hydrogens (tertiary/aromatic N) is 2. The number of rotatable bonds is 3. The molecule has 0 fully saturated rings. The molecule has 0 amide bonds. The van der Waals surface area contributed by atoms with E-state index in [1.807, 2.05) is 19.9 Å². The minimum absolute atomic E-state index is 0.156. The highest BCUT2D eigenvalue weighted by Crippen LogP contribution is 2.30. The Kier molecular flexibility index (Phi) is 4.32. The third-order valence-corrected chi connectivity index (χ3v) is 4.68. The quantitative estimate of drug-likeness (QED) is 0.651. The minimum atomic E-state index is -0.627. The van der Waals surface area contributed by atoms with Crippen LogP contribution in [0.2, 0.25) is 0 Å². The topological polar surface area (TPSA) is 74.0 Å². The highest BCUT2D eigenvalue weighted by atomic mass is 79.9. The fourth-order valence-corrected chi connectivity index (χ4v) is 3.00. The Morgan fingerprint density at radius 2 is 1.88 bits per heavy atom. The van der Waals surface area contributed by atoms with Crippen molar-refractivity contribution in [2.75, 3.05) is 0 Å². The fourth-order valence-electron chi connectivity index (χ4n) is 2.64. The van der Waals surface area contributed by atoms with Crippen molar-refractivity contribution in [1.82, 2.24) is 4.98 Å². The maximum absolute atomic E-state index is 13.0. The lowest BCUT2D eigenvalue weighted by Gasteiger charge is -2.16. The third-order valence-electron chi connectivity index (χ3n) is 4.19. The van der Waals surface area contributed by atoms with E-state index < -0.39 is 5.41 Å². The molecule has 3 rings (SSSR count). The fraction of sp³-hybridized carbons (Fsp3) is 0.150. The first-order valence-electron chi connectivity index (χ1n) is 7.67. The van der Waals surface area contributed by atoms with Crippen LogP contribution >= 0.6 is 15.9 Å². The molecule has 5 heteroatoms. The average molecular weight is 395 g/mol. The molecule has 0 atom stereocenters. The molecule has 0 bridgehead atoms. The second-order valence-electron chi connectivity index (χ2n) is 6.32. The summed E-state index contributed by atoms with van der Waals surface area (Å²) < 4.78 is 0.799. The van der Waals surface area contributed by atoms with Crippen molar-refractivity contribution in [3.05, 3.63) is 69.8 Å². The number of nitriles is 1. The van der Waals surface area contributed by atoms with Gasteiger partial charge in [0.05, 0.1) is 28.8 Å². The van der Waals surface area contributed by atoms with Gasteiger partial charge in [-0.3, -0.25) is 9.78 Å². The van der Waals surface area contributed by atoms with Crippen LogP contribution in [-0.2, 0) is 5.41 Å². The molecule has 25 heavy (non-hydrogen) atoms. The number of fused-ring (bicyclic) bond motifs is 1. The van der Waals surface area contributed by atoms with E-state index in [2.05, 4.69) is 27.0 Å². The van der Waals surface area contributed by atoms with E-state index >= 15 is 0 Å². The lowest BCUT2D eigenvalue weighted by molar-refractivity contribution is 0.103. The Balaban J connectivity index is 2.10. The molecule has 124 valence electrons. The van der Waals surface area contributed by atoms with Gasteiger partial charge in [0.25, 0.3) is 0 Å². The Bertz CT molecular complexity index is 1010. The van der Waals surface area contributed by atoms with Crippen LogP contribution < -0.4 is 0 Å². The smallest absolute Gasteiger partial charge is 0.197 e. The summed E-state index contributed by atoms with van der Waals surface area (Å²) in [6.45, 7) is 3.65. The van der Waals surface area contributed by atoms with Gasteiger partial charge in [-0.15, -0.1) is 0 Å².